The first-order valence-corrected chi connectivity index (χ1v) is 10.4. The van der Waals surface area contributed by atoms with Crippen molar-refractivity contribution in [3.05, 3.63) is 114 Å². The van der Waals surface area contributed by atoms with Gasteiger partial charge in [-0.15, -0.1) is 0 Å². The van der Waals surface area contributed by atoms with Gasteiger partial charge in [0.05, 0.1) is 7.11 Å². The van der Waals surface area contributed by atoms with Crippen LogP contribution in [-0.2, 0) is 0 Å². The van der Waals surface area contributed by atoms with Crippen LogP contribution >= 0.6 is 0 Å². The van der Waals surface area contributed by atoms with Crippen molar-refractivity contribution in [2.45, 2.75) is 6.92 Å². The van der Waals surface area contributed by atoms with E-state index in [0.717, 1.165) is 5.75 Å². The molecule has 0 aliphatic carbocycles. The minimum absolute atomic E-state index is 0.0316. The quantitative estimate of drug-likeness (QED) is 0.286. The van der Waals surface area contributed by atoms with Crippen LogP contribution in [0.4, 0.5) is 0 Å². The van der Waals surface area contributed by atoms with Crippen molar-refractivity contribution in [3.8, 4) is 28.7 Å². The van der Waals surface area contributed by atoms with Gasteiger partial charge in [-0.25, -0.2) is 0 Å². The maximum atomic E-state index is 12.7. The normalized spacial score (nSPS) is 10.4. The van der Waals surface area contributed by atoms with E-state index in [1.807, 2.05) is 48.5 Å². The molecule has 33 heavy (non-hydrogen) atoms. The topological polar surface area (TPSA) is 61.8 Å². The third-order valence-corrected chi connectivity index (χ3v) is 5.02. The maximum Gasteiger partial charge on any atom is 0.193 e. The molecule has 0 aromatic heterocycles. The van der Waals surface area contributed by atoms with Crippen LogP contribution in [0.15, 0.2) is 97.1 Å². The lowest BCUT2D eigenvalue weighted by atomic mass is 10.0. The average molecular weight is 438 g/mol. The summed E-state index contributed by atoms with van der Waals surface area (Å²) in [6, 6.07) is 28.2. The molecule has 0 heterocycles. The number of carbonyl (C=O) groups excluding carboxylic acids is 2. The van der Waals surface area contributed by atoms with Gasteiger partial charge < -0.3 is 14.2 Å². The number of ether oxygens (including phenoxy) is 3. The molecule has 0 saturated carbocycles. The van der Waals surface area contributed by atoms with E-state index in [-0.39, 0.29) is 11.6 Å². The SMILES string of the molecule is COc1ccc(Oc2ccc(Oc3ccc(C(=O)c4ccc(C(C)=O)cc4)cc3)cc2)cc1. The number of carbonyl (C=O) groups is 2. The molecule has 0 saturated heterocycles. The van der Waals surface area contributed by atoms with Crippen LogP contribution in [0.2, 0.25) is 0 Å². The zero-order valence-corrected chi connectivity index (χ0v) is 18.3. The van der Waals surface area contributed by atoms with Crippen LogP contribution in [0, 0.1) is 0 Å². The molecule has 0 fully saturated rings. The molecule has 164 valence electrons. The first-order valence-electron chi connectivity index (χ1n) is 10.4. The predicted octanol–water partition coefficient (Wildman–Crippen LogP) is 6.71. The summed E-state index contributed by atoms with van der Waals surface area (Å²) >= 11 is 0. The van der Waals surface area contributed by atoms with Gasteiger partial charge >= 0.3 is 0 Å². The second-order valence-electron chi connectivity index (χ2n) is 7.34. The van der Waals surface area contributed by atoms with Gasteiger partial charge in [-0.05, 0) is 79.7 Å². The Labute approximate surface area is 192 Å². The second-order valence-corrected chi connectivity index (χ2v) is 7.34. The van der Waals surface area contributed by atoms with Crippen molar-refractivity contribution >= 4 is 11.6 Å². The van der Waals surface area contributed by atoms with E-state index in [0.29, 0.717) is 39.7 Å². The van der Waals surface area contributed by atoms with Gasteiger partial charge in [-0.2, -0.15) is 0 Å². The molecule has 4 aromatic rings. The first kappa shape index (κ1) is 21.8. The minimum atomic E-state index is -0.114. The van der Waals surface area contributed by atoms with Gasteiger partial charge in [0.2, 0.25) is 0 Å². The van der Waals surface area contributed by atoms with Gasteiger partial charge in [0.25, 0.3) is 0 Å². The number of hydrogen-bond donors (Lipinski definition) is 0. The first-order chi connectivity index (χ1) is 16.0. The highest BCUT2D eigenvalue weighted by atomic mass is 16.5. The molecule has 0 N–H and O–H groups in total. The Morgan fingerprint density at radius 2 is 0.788 bits per heavy atom. The summed E-state index contributed by atoms with van der Waals surface area (Å²) < 4.78 is 16.8. The van der Waals surface area contributed by atoms with E-state index in [2.05, 4.69) is 0 Å². The summed E-state index contributed by atoms with van der Waals surface area (Å²) in [6.45, 7) is 1.50. The highest BCUT2D eigenvalue weighted by Gasteiger charge is 2.10. The zero-order chi connectivity index (χ0) is 23.2. The van der Waals surface area contributed by atoms with E-state index in [1.165, 1.54) is 6.92 Å². The van der Waals surface area contributed by atoms with Crippen molar-refractivity contribution in [1.82, 2.24) is 0 Å². The van der Waals surface area contributed by atoms with E-state index in [9.17, 15) is 9.59 Å². The maximum absolute atomic E-state index is 12.7. The van der Waals surface area contributed by atoms with Crippen molar-refractivity contribution in [2.75, 3.05) is 7.11 Å². The molecule has 0 amide bonds. The van der Waals surface area contributed by atoms with Crippen LogP contribution in [0.3, 0.4) is 0 Å². The van der Waals surface area contributed by atoms with Gasteiger partial charge in [-0.3, -0.25) is 9.59 Å². The van der Waals surface area contributed by atoms with Crippen molar-refractivity contribution in [3.63, 3.8) is 0 Å². The van der Waals surface area contributed by atoms with Crippen LogP contribution in [0.5, 0.6) is 28.7 Å². The van der Waals surface area contributed by atoms with Crippen LogP contribution in [0.25, 0.3) is 0 Å². The number of Topliss-reactive ketones (excluding diaryl/α,β-unsaturated/α-hetero) is 1. The summed E-state index contributed by atoms with van der Waals surface area (Å²) in [5, 5.41) is 0. The summed E-state index contributed by atoms with van der Waals surface area (Å²) in [5.41, 5.74) is 1.65. The molecule has 0 spiro atoms. The summed E-state index contributed by atoms with van der Waals surface area (Å²) in [5.74, 6) is 3.28. The zero-order valence-electron chi connectivity index (χ0n) is 18.3. The van der Waals surface area contributed by atoms with Crippen molar-refractivity contribution in [2.24, 2.45) is 0 Å². The van der Waals surface area contributed by atoms with Gasteiger partial charge in [0, 0.05) is 16.7 Å². The Hall–Kier alpha value is -4.38. The number of hydrogen-bond acceptors (Lipinski definition) is 5. The number of rotatable bonds is 8. The van der Waals surface area contributed by atoms with Crippen molar-refractivity contribution < 1.29 is 23.8 Å². The molecule has 4 rings (SSSR count). The number of methoxy groups -OCH3 is 1. The lowest BCUT2D eigenvalue weighted by Gasteiger charge is -2.09. The lowest BCUT2D eigenvalue weighted by Crippen LogP contribution is -2.02. The molecule has 0 bridgehead atoms. The Balaban J connectivity index is 1.38. The Bertz CT molecular complexity index is 1240. The molecular weight excluding hydrogens is 416 g/mol. The van der Waals surface area contributed by atoms with E-state index < -0.39 is 0 Å². The standard InChI is InChI=1S/C28H22O5/c1-19(29)20-3-5-21(6-4-20)28(30)22-7-9-24(10-8-22)32-26-15-17-27(18-16-26)33-25-13-11-23(31-2)12-14-25/h3-18H,1-2H3. The third kappa shape index (κ3) is 5.46. The molecule has 0 aliphatic rings. The minimum Gasteiger partial charge on any atom is -0.497 e. The molecule has 5 nitrogen and oxygen atoms in total. The highest BCUT2D eigenvalue weighted by Crippen LogP contribution is 2.28. The molecule has 4 aromatic carbocycles. The second kappa shape index (κ2) is 9.83. The predicted molar refractivity (Wildman–Crippen MR) is 126 cm³/mol. The van der Waals surface area contributed by atoms with Gasteiger partial charge in [0.1, 0.15) is 28.7 Å². The number of benzene rings is 4. The molecule has 0 atom stereocenters. The summed E-state index contributed by atoms with van der Waals surface area (Å²) in [7, 11) is 1.62. The molecule has 5 heteroatoms. The Kier molecular flexibility index (Phi) is 6.51. The highest BCUT2D eigenvalue weighted by molar-refractivity contribution is 6.09. The van der Waals surface area contributed by atoms with E-state index >= 15 is 0 Å². The molecule has 0 aliphatic heterocycles. The fourth-order valence-electron chi connectivity index (χ4n) is 3.19. The molecular formula is C28H22O5. The largest absolute Gasteiger partial charge is 0.497 e. The average Bonchev–Trinajstić information content (AvgIpc) is 2.86. The van der Waals surface area contributed by atoms with Crippen LogP contribution in [-0.4, -0.2) is 18.7 Å². The Morgan fingerprint density at radius 3 is 1.15 bits per heavy atom. The van der Waals surface area contributed by atoms with Crippen LogP contribution in [0.1, 0.15) is 33.2 Å². The van der Waals surface area contributed by atoms with Crippen molar-refractivity contribution in [1.29, 1.82) is 0 Å². The van der Waals surface area contributed by atoms with E-state index in [4.69, 9.17) is 14.2 Å². The Morgan fingerprint density at radius 1 is 0.485 bits per heavy atom. The third-order valence-electron chi connectivity index (χ3n) is 5.02. The smallest absolute Gasteiger partial charge is 0.193 e. The summed E-state index contributed by atoms with van der Waals surface area (Å²) in [6.07, 6.45) is 0. The lowest BCUT2D eigenvalue weighted by molar-refractivity contribution is 0.101. The number of ketones is 2. The molecule has 0 radical (unpaired) electrons. The monoisotopic (exact) mass is 438 g/mol. The van der Waals surface area contributed by atoms with Gasteiger partial charge in [0.15, 0.2) is 11.6 Å². The summed E-state index contributed by atoms with van der Waals surface area (Å²) in [4.78, 5) is 24.1. The fourth-order valence-corrected chi connectivity index (χ4v) is 3.19. The van der Waals surface area contributed by atoms with E-state index in [1.54, 1.807) is 55.6 Å². The molecule has 0 unspecified atom stereocenters. The van der Waals surface area contributed by atoms with Gasteiger partial charge in [-0.1, -0.05) is 24.3 Å². The van der Waals surface area contributed by atoms with Crippen LogP contribution < -0.4 is 14.2 Å². The fraction of sp³-hybridized carbons (Fsp3) is 0.0714.